The van der Waals surface area contributed by atoms with E-state index in [4.69, 9.17) is 9.26 Å². The summed E-state index contributed by atoms with van der Waals surface area (Å²) in [5, 5.41) is -0.00806. The van der Waals surface area contributed by atoms with Gasteiger partial charge < -0.3 is 14.2 Å². The minimum absolute atomic E-state index is 0.00806. The van der Waals surface area contributed by atoms with Crippen LogP contribution in [0.2, 0.25) is 0 Å². The fraction of sp³-hybridized carbons (Fsp3) is 0.500. The number of hydrogen-bond donors (Lipinski definition) is 1. The largest absolute Gasteiger partial charge is 0.425 e. The number of hydrogen-bond acceptors (Lipinski definition) is 4. The fourth-order valence-corrected chi connectivity index (χ4v) is 2.73. The first-order valence-corrected chi connectivity index (χ1v) is 7.95. The molecule has 0 fully saturated rings. The summed E-state index contributed by atoms with van der Waals surface area (Å²) in [6, 6.07) is 6.13. The maximum atomic E-state index is 12.2. The number of benzene rings is 1. The maximum absolute atomic E-state index is 12.2. The lowest BCUT2D eigenvalue weighted by Crippen LogP contribution is -2.27. The molecule has 0 spiro atoms. The molecule has 112 valence electrons. The Bertz CT molecular complexity index is 531. The molecule has 1 atom stereocenters. The van der Waals surface area contributed by atoms with Crippen LogP contribution in [0.25, 0.3) is 0 Å². The first kappa shape index (κ1) is 16.9. The van der Waals surface area contributed by atoms with E-state index < -0.39 is 25.1 Å². The van der Waals surface area contributed by atoms with Crippen LogP contribution in [0.4, 0.5) is 0 Å². The molecule has 6 heteroatoms. The summed E-state index contributed by atoms with van der Waals surface area (Å²) in [5.74, 6) is -0.423. The average molecular weight is 300 g/mol. The summed E-state index contributed by atoms with van der Waals surface area (Å²) in [7, 11) is -4.02. The highest BCUT2D eigenvalue weighted by Gasteiger charge is 2.31. The highest BCUT2D eigenvalue weighted by atomic mass is 31.2. The quantitative estimate of drug-likeness (QED) is 0.526. The van der Waals surface area contributed by atoms with Gasteiger partial charge in [-0.3, -0.25) is 9.36 Å². The van der Waals surface area contributed by atoms with Crippen LogP contribution in [-0.4, -0.2) is 17.0 Å². The third kappa shape index (κ3) is 4.44. The molecule has 0 saturated carbocycles. The Balaban J connectivity index is 3.12. The molecule has 1 aromatic rings. The van der Waals surface area contributed by atoms with Crippen molar-refractivity contribution in [1.29, 1.82) is 0 Å². The lowest BCUT2D eigenvalue weighted by atomic mass is 9.97. The van der Waals surface area contributed by atoms with Crippen molar-refractivity contribution < 1.29 is 23.5 Å². The Labute approximate surface area is 119 Å². The van der Waals surface area contributed by atoms with E-state index in [-0.39, 0.29) is 11.1 Å². The van der Waals surface area contributed by atoms with Crippen molar-refractivity contribution in [1.82, 2.24) is 0 Å². The third-order valence-corrected chi connectivity index (χ3v) is 4.02. The molecule has 0 aromatic heterocycles. The van der Waals surface area contributed by atoms with E-state index >= 15 is 0 Å². The molecule has 1 rings (SSSR count). The van der Waals surface area contributed by atoms with Gasteiger partial charge in [0.05, 0.1) is 11.5 Å². The lowest BCUT2D eigenvalue weighted by molar-refractivity contribution is -0.142. The molecule has 0 heterocycles. The van der Waals surface area contributed by atoms with E-state index in [1.165, 1.54) is 12.1 Å². The van der Waals surface area contributed by atoms with E-state index in [0.717, 1.165) is 0 Å². The molecule has 0 radical (unpaired) electrons. The molecule has 0 bridgehead atoms. The zero-order valence-corrected chi connectivity index (χ0v) is 13.3. The summed E-state index contributed by atoms with van der Waals surface area (Å²) in [6.45, 7) is 8.45. The van der Waals surface area contributed by atoms with Crippen LogP contribution in [0, 0.1) is 5.41 Å². The summed E-state index contributed by atoms with van der Waals surface area (Å²) in [5.41, 5.74) is -0.703. The van der Waals surface area contributed by atoms with Gasteiger partial charge in [-0.05, 0) is 46.8 Å². The number of carbonyl (C=O) groups is 1. The normalized spacial score (nSPS) is 14.9. The molecule has 0 aliphatic heterocycles. The molecule has 5 nitrogen and oxygen atoms in total. The van der Waals surface area contributed by atoms with Gasteiger partial charge in [0.25, 0.3) is 0 Å². The summed E-state index contributed by atoms with van der Waals surface area (Å²) in [6.07, 6.45) is -0.419. The van der Waals surface area contributed by atoms with Crippen LogP contribution in [0.1, 0.15) is 34.6 Å². The number of para-hydroxylation sites is 1. The fourth-order valence-electron chi connectivity index (χ4n) is 1.37. The van der Waals surface area contributed by atoms with Crippen molar-refractivity contribution in [3.05, 3.63) is 24.3 Å². The Morgan fingerprint density at radius 1 is 1.25 bits per heavy atom. The van der Waals surface area contributed by atoms with Crippen LogP contribution in [-0.2, 0) is 13.9 Å². The van der Waals surface area contributed by atoms with Crippen LogP contribution in [0.15, 0.2) is 24.3 Å². The van der Waals surface area contributed by atoms with Gasteiger partial charge in [0.15, 0.2) is 0 Å². The van der Waals surface area contributed by atoms with Gasteiger partial charge in [0.2, 0.25) is 0 Å². The molecule has 1 unspecified atom stereocenters. The predicted octanol–water partition coefficient (Wildman–Crippen LogP) is 2.87. The van der Waals surface area contributed by atoms with Gasteiger partial charge in [0, 0.05) is 0 Å². The van der Waals surface area contributed by atoms with Crippen molar-refractivity contribution >= 4 is 18.9 Å². The summed E-state index contributed by atoms with van der Waals surface area (Å²) < 4.78 is 22.5. The van der Waals surface area contributed by atoms with Crippen molar-refractivity contribution in [2.45, 2.75) is 40.7 Å². The zero-order valence-electron chi connectivity index (χ0n) is 12.4. The van der Waals surface area contributed by atoms with Gasteiger partial charge in [-0.2, -0.15) is 0 Å². The lowest BCUT2D eigenvalue weighted by Gasteiger charge is -2.20. The first-order chi connectivity index (χ1) is 9.04. The zero-order chi connectivity index (χ0) is 15.6. The first-order valence-electron chi connectivity index (χ1n) is 6.37. The van der Waals surface area contributed by atoms with Crippen molar-refractivity contribution in [2.75, 3.05) is 0 Å². The van der Waals surface area contributed by atoms with Gasteiger partial charge >= 0.3 is 13.6 Å². The molecule has 0 amide bonds. The number of carbonyl (C=O) groups excluding carboxylic acids is 1. The minimum atomic E-state index is -4.02. The van der Waals surface area contributed by atoms with Crippen LogP contribution in [0.3, 0.4) is 0 Å². The predicted molar refractivity (Wildman–Crippen MR) is 77.2 cm³/mol. The van der Waals surface area contributed by atoms with Crippen LogP contribution in [0.5, 0.6) is 5.75 Å². The number of esters is 1. The maximum Gasteiger partial charge on any atom is 0.362 e. The average Bonchev–Trinajstić information content (AvgIpc) is 2.26. The minimum Gasteiger partial charge on any atom is -0.425 e. The van der Waals surface area contributed by atoms with E-state index in [0.29, 0.717) is 0 Å². The monoisotopic (exact) mass is 300 g/mol. The summed E-state index contributed by atoms with van der Waals surface area (Å²) >= 11 is 0. The molecule has 0 aliphatic rings. The molecule has 20 heavy (non-hydrogen) atoms. The van der Waals surface area contributed by atoms with Crippen LogP contribution >= 0.6 is 7.60 Å². The molecule has 0 aliphatic carbocycles. The van der Waals surface area contributed by atoms with E-state index in [9.17, 15) is 14.3 Å². The molecule has 1 N–H and O–H groups in total. The van der Waals surface area contributed by atoms with Crippen molar-refractivity contribution in [3.8, 4) is 5.75 Å². The Hall–Kier alpha value is -1.16. The van der Waals surface area contributed by atoms with Gasteiger partial charge in [-0.1, -0.05) is 12.1 Å². The standard InChI is InChI=1S/C14H21O5P/c1-10(2)19-20(16,17)12-9-7-6-8-11(12)18-13(15)14(3,4)5/h6-10H,1-5H3,(H,16,17). The van der Waals surface area contributed by atoms with Crippen LogP contribution < -0.4 is 10.0 Å². The molecular formula is C14H21O5P. The smallest absolute Gasteiger partial charge is 0.362 e. The number of ether oxygens (including phenoxy) is 1. The van der Waals surface area contributed by atoms with E-state index in [1.807, 2.05) is 0 Å². The highest BCUT2D eigenvalue weighted by molar-refractivity contribution is 7.61. The second-order valence-corrected chi connectivity index (χ2v) is 7.52. The van der Waals surface area contributed by atoms with E-state index in [1.54, 1.807) is 46.8 Å². The second-order valence-electron chi connectivity index (χ2n) is 5.78. The van der Waals surface area contributed by atoms with E-state index in [2.05, 4.69) is 0 Å². The van der Waals surface area contributed by atoms with Gasteiger partial charge in [-0.15, -0.1) is 0 Å². The Morgan fingerprint density at radius 3 is 2.30 bits per heavy atom. The Kier molecular flexibility index (Phi) is 5.14. The van der Waals surface area contributed by atoms with Gasteiger partial charge in [0.1, 0.15) is 11.1 Å². The third-order valence-electron chi connectivity index (χ3n) is 2.34. The molecule has 0 saturated heterocycles. The number of rotatable bonds is 4. The second kappa shape index (κ2) is 6.08. The highest BCUT2D eigenvalue weighted by Crippen LogP contribution is 2.45. The van der Waals surface area contributed by atoms with Crippen molar-refractivity contribution in [3.63, 3.8) is 0 Å². The SMILES string of the molecule is CC(C)OP(=O)(O)c1ccccc1OC(=O)C(C)(C)C. The molecular weight excluding hydrogens is 279 g/mol. The van der Waals surface area contributed by atoms with Crippen molar-refractivity contribution in [2.24, 2.45) is 5.41 Å². The van der Waals surface area contributed by atoms with Gasteiger partial charge in [-0.25, -0.2) is 0 Å². The topological polar surface area (TPSA) is 72.8 Å². The summed E-state index contributed by atoms with van der Waals surface area (Å²) in [4.78, 5) is 21.9. The molecule has 1 aromatic carbocycles. The Morgan fingerprint density at radius 2 is 1.80 bits per heavy atom.